The molecule has 0 bridgehead atoms. The quantitative estimate of drug-likeness (QED) is 0.0552. The summed E-state index contributed by atoms with van der Waals surface area (Å²) >= 11 is 0. The number of hydrogen-bond acceptors (Lipinski definition) is 3. The van der Waals surface area contributed by atoms with Gasteiger partial charge in [0.25, 0.3) is 0 Å². The van der Waals surface area contributed by atoms with Gasteiger partial charge in [0.15, 0.2) is 0 Å². The largest absolute Gasteiger partial charge is 0.394 e. The molecule has 0 heterocycles. The van der Waals surface area contributed by atoms with E-state index in [4.69, 9.17) is 0 Å². The van der Waals surface area contributed by atoms with Gasteiger partial charge < -0.3 is 15.5 Å². The fourth-order valence-corrected chi connectivity index (χ4v) is 4.55. The summed E-state index contributed by atoms with van der Waals surface area (Å²) in [4.78, 5) is 12.3. The van der Waals surface area contributed by atoms with Crippen molar-refractivity contribution in [3.05, 3.63) is 97.2 Å². The predicted molar refractivity (Wildman–Crippen MR) is 197 cm³/mol. The third kappa shape index (κ3) is 32.5. The maximum Gasteiger partial charge on any atom is 0.220 e. The van der Waals surface area contributed by atoms with Crippen LogP contribution in [-0.2, 0) is 4.79 Å². The molecule has 0 aliphatic carbocycles. The van der Waals surface area contributed by atoms with Gasteiger partial charge in [-0.3, -0.25) is 4.79 Å². The van der Waals surface area contributed by atoms with E-state index in [1.54, 1.807) is 6.08 Å². The Balaban J connectivity index is 3.78. The fraction of sp³-hybridized carbons (Fsp3) is 0.585. The monoisotopic (exact) mass is 622 g/mol. The predicted octanol–water partition coefficient (Wildman–Crippen LogP) is 10.7. The van der Waals surface area contributed by atoms with Crippen LogP contribution < -0.4 is 5.32 Å². The van der Waals surface area contributed by atoms with Crippen LogP contribution in [0.4, 0.5) is 0 Å². The molecule has 0 saturated carbocycles. The van der Waals surface area contributed by atoms with E-state index < -0.39 is 12.1 Å². The number of hydrogen-bond donors (Lipinski definition) is 3. The average Bonchev–Trinajstić information content (AvgIpc) is 3.04. The van der Waals surface area contributed by atoms with E-state index in [9.17, 15) is 15.0 Å². The minimum atomic E-state index is -0.877. The van der Waals surface area contributed by atoms with Crippen molar-refractivity contribution in [3.63, 3.8) is 0 Å². The molecule has 2 atom stereocenters. The Labute approximate surface area is 277 Å². The highest BCUT2D eigenvalue weighted by molar-refractivity contribution is 5.76. The van der Waals surface area contributed by atoms with Crippen LogP contribution in [0.15, 0.2) is 97.2 Å². The second-order valence-corrected chi connectivity index (χ2v) is 11.5. The molecule has 2 unspecified atom stereocenters. The molecule has 0 rings (SSSR count). The van der Waals surface area contributed by atoms with Crippen molar-refractivity contribution in [1.82, 2.24) is 5.32 Å². The van der Waals surface area contributed by atoms with Gasteiger partial charge in [0.2, 0.25) is 5.91 Å². The number of allylic oxidation sites excluding steroid dienone is 15. The Kier molecular flexibility index (Phi) is 33.6. The summed E-state index contributed by atoms with van der Waals surface area (Å²) in [6.45, 7) is 4.10. The number of rotatable bonds is 30. The van der Waals surface area contributed by atoms with E-state index in [1.165, 1.54) is 25.7 Å². The number of aliphatic hydroxyl groups is 2. The normalized spacial score (nSPS) is 14.3. The van der Waals surface area contributed by atoms with Gasteiger partial charge in [-0.15, -0.1) is 0 Å². The SMILES string of the molecule is CC/C=C\C/C=C\C/C=C\C/C=C\C/C=C\C/C=C\CCCCCCC(=O)NC(CO)C(O)/C=C/CC/C=C/CCCCCC. The van der Waals surface area contributed by atoms with E-state index in [2.05, 4.69) is 104 Å². The smallest absolute Gasteiger partial charge is 0.220 e. The third-order valence-corrected chi connectivity index (χ3v) is 7.30. The maximum atomic E-state index is 12.3. The van der Waals surface area contributed by atoms with E-state index in [1.807, 2.05) is 6.08 Å². The van der Waals surface area contributed by atoms with Gasteiger partial charge in [0.1, 0.15) is 0 Å². The van der Waals surface area contributed by atoms with Crippen molar-refractivity contribution in [2.75, 3.05) is 6.61 Å². The molecule has 0 aliphatic rings. The van der Waals surface area contributed by atoms with Crippen molar-refractivity contribution in [1.29, 1.82) is 0 Å². The molecule has 0 aromatic carbocycles. The third-order valence-electron chi connectivity index (χ3n) is 7.30. The molecule has 0 radical (unpaired) electrons. The average molecular weight is 622 g/mol. The van der Waals surface area contributed by atoms with Crippen LogP contribution in [0.5, 0.6) is 0 Å². The number of aliphatic hydroxyl groups excluding tert-OH is 2. The zero-order valence-electron chi connectivity index (χ0n) is 28.8. The Morgan fingerprint density at radius 3 is 1.53 bits per heavy atom. The number of nitrogens with one attached hydrogen (secondary N) is 1. The van der Waals surface area contributed by atoms with E-state index in [0.29, 0.717) is 6.42 Å². The summed E-state index contributed by atoms with van der Waals surface area (Å²) in [6.07, 6.45) is 53.5. The van der Waals surface area contributed by atoms with Crippen molar-refractivity contribution in [3.8, 4) is 0 Å². The molecule has 1 amide bonds. The molecule has 0 aliphatic heterocycles. The Hall–Kier alpha value is -2.69. The van der Waals surface area contributed by atoms with Crippen LogP contribution >= 0.6 is 0 Å². The molecule has 4 heteroatoms. The lowest BCUT2D eigenvalue weighted by atomic mass is 10.1. The minimum Gasteiger partial charge on any atom is -0.394 e. The summed E-state index contributed by atoms with van der Waals surface area (Å²) in [5, 5.41) is 22.7. The Morgan fingerprint density at radius 1 is 0.556 bits per heavy atom. The van der Waals surface area contributed by atoms with Gasteiger partial charge in [-0.25, -0.2) is 0 Å². The van der Waals surface area contributed by atoms with Crippen molar-refractivity contribution in [2.24, 2.45) is 0 Å². The number of carbonyl (C=O) groups is 1. The molecular formula is C41H67NO3. The molecule has 0 aromatic rings. The van der Waals surface area contributed by atoms with Gasteiger partial charge in [0.05, 0.1) is 18.8 Å². The lowest BCUT2D eigenvalue weighted by Gasteiger charge is -2.19. The standard InChI is InChI=1S/C41H67NO3/c1-3-5-7-9-11-13-15-16-17-18-19-20-21-22-23-24-25-26-27-29-31-33-35-37-41(45)42-39(38-43)40(44)36-34-32-30-28-14-12-10-8-6-4-2/h5,7,11,13-14,16-17,19-20,22-23,25-26,28,34,36,39-40,43-44H,3-4,6,8-10,12,15,18,21,24,27,29-33,35,37-38H2,1-2H3,(H,42,45)/b7-5-,13-11-,17-16-,20-19-,23-22-,26-25-,28-14+,36-34+. The summed E-state index contributed by atoms with van der Waals surface area (Å²) in [5.74, 6) is -0.107. The van der Waals surface area contributed by atoms with Crippen LogP contribution in [0.3, 0.4) is 0 Å². The van der Waals surface area contributed by atoms with E-state index in [-0.39, 0.29) is 12.5 Å². The van der Waals surface area contributed by atoms with Gasteiger partial charge in [-0.2, -0.15) is 0 Å². The summed E-state index contributed by atoms with van der Waals surface area (Å²) in [5.41, 5.74) is 0. The van der Waals surface area contributed by atoms with Crippen LogP contribution in [-0.4, -0.2) is 34.9 Å². The van der Waals surface area contributed by atoms with Crippen LogP contribution in [0, 0.1) is 0 Å². The molecule has 4 nitrogen and oxygen atoms in total. The zero-order chi connectivity index (χ0) is 32.9. The first-order chi connectivity index (χ1) is 22.2. The summed E-state index contributed by atoms with van der Waals surface area (Å²) in [6, 6.07) is -0.657. The molecule has 45 heavy (non-hydrogen) atoms. The van der Waals surface area contributed by atoms with E-state index >= 15 is 0 Å². The summed E-state index contributed by atoms with van der Waals surface area (Å²) < 4.78 is 0. The molecule has 0 fully saturated rings. The van der Waals surface area contributed by atoms with Gasteiger partial charge in [0, 0.05) is 6.42 Å². The molecule has 0 aromatic heterocycles. The van der Waals surface area contributed by atoms with E-state index in [0.717, 1.165) is 89.9 Å². The van der Waals surface area contributed by atoms with Gasteiger partial charge in [-0.1, -0.05) is 143 Å². The summed E-state index contributed by atoms with van der Waals surface area (Å²) in [7, 11) is 0. The second kappa shape index (κ2) is 35.8. The Bertz CT molecular complexity index is 890. The highest BCUT2D eigenvalue weighted by Crippen LogP contribution is 2.08. The van der Waals surface area contributed by atoms with Gasteiger partial charge in [-0.05, 0) is 83.5 Å². The number of amides is 1. The topological polar surface area (TPSA) is 69.6 Å². The lowest BCUT2D eigenvalue weighted by Crippen LogP contribution is -2.45. The zero-order valence-corrected chi connectivity index (χ0v) is 28.8. The number of unbranched alkanes of at least 4 members (excludes halogenated alkanes) is 9. The van der Waals surface area contributed by atoms with Crippen LogP contribution in [0.1, 0.15) is 136 Å². The molecule has 254 valence electrons. The minimum absolute atomic E-state index is 0.107. The molecular weight excluding hydrogens is 554 g/mol. The maximum absolute atomic E-state index is 12.3. The first-order valence-corrected chi connectivity index (χ1v) is 18.0. The lowest BCUT2D eigenvalue weighted by molar-refractivity contribution is -0.123. The second-order valence-electron chi connectivity index (χ2n) is 11.5. The van der Waals surface area contributed by atoms with Crippen LogP contribution in [0.2, 0.25) is 0 Å². The van der Waals surface area contributed by atoms with Crippen molar-refractivity contribution < 1.29 is 15.0 Å². The molecule has 3 N–H and O–H groups in total. The number of carbonyl (C=O) groups excluding carboxylic acids is 1. The van der Waals surface area contributed by atoms with Crippen molar-refractivity contribution >= 4 is 5.91 Å². The first-order valence-electron chi connectivity index (χ1n) is 18.0. The first kappa shape index (κ1) is 42.3. The highest BCUT2D eigenvalue weighted by Gasteiger charge is 2.17. The molecule has 0 saturated heterocycles. The Morgan fingerprint density at radius 2 is 1.00 bits per heavy atom. The van der Waals surface area contributed by atoms with Gasteiger partial charge >= 0.3 is 0 Å². The fourth-order valence-electron chi connectivity index (χ4n) is 4.55. The van der Waals surface area contributed by atoms with Crippen LogP contribution in [0.25, 0.3) is 0 Å². The van der Waals surface area contributed by atoms with Crippen molar-refractivity contribution in [2.45, 2.75) is 148 Å². The molecule has 0 spiro atoms. The highest BCUT2D eigenvalue weighted by atomic mass is 16.3.